The Hall–Kier alpha value is -0.0600. The normalized spacial score (nSPS) is 10.6. The quantitative estimate of drug-likeness (QED) is 0.610. The van der Waals surface area contributed by atoms with Gasteiger partial charge in [0.05, 0.1) is 0 Å². The van der Waals surface area contributed by atoms with Gasteiger partial charge < -0.3 is 4.90 Å². The van der Waals surface area contributed by atoms with E-state index in [9.17, 15) is 0 Å². The van der Waals surface area contributed by atoms with Crippen LogP contribution in [0.1, 0.15) is 44.4 Å². The molecule has 1 aromatic rings. The smallest absolute Gasteiger partial charge is 0.136 e. The fraction of sp³-hybridized carbons (Fsp3) is 0.643. The molecule has 1 nitrogen and oxygen atoms in total. The molecule has 0 unspecified atom stereocenters. The number of hydrogen-bond donors (Lipinski definition) is 0. The van der Waals surface area contributed by atoms with E-state index in [-0.39, 0.29) is 0 Å². The second kappa shape index (κ2) is 9.82. The molecule has 0 radical (unpaired) electrons. The highest BCUT2D eigenvalue weighted by atomic mass is 32.2. The number of thioether (sulfide) groups is 1. The number of hydrogen-bond acceptors (Lipinski definition) is 3. The molecule has 0 aliphatic carbocycles. The number of thiophene rings is 1. The van der Waals surface area contributed by atoms with E-state index in [1.807, 2.05) is 23.1 Å². The number of rotatable bonds is 8. The zero-order valence-electron chi connectivity index (χ0n) is 11.4. The molecule has 0 spiro atoms. The minimum absolute atomic E-state index is 1.02. The van der Waals surface area contributed by atoms with Gasteiger partial charge >= 0.3 is 0 Å². The van der Waals surface area contributed by atoms with Gasteiger partial charge in [0.2, 0.25) is 0 Å². The van der Waals surface area contributed by atoms with Gasteiger partial charge in [0.15, 0.2) is 0 Å². The van der Waals surface area contributed by atoms with Crippen molar-refractivity contribution >= 4 is 39.6 Å². The monoisotopic (exact) mass is 301 g/mol. The topological polar surface area (TPSA) is 3.24 Å². The molecular weight excluding hydrogens is 278 g/mol. The molecule has 0 aromatic carbocycles. The van der Waals surface area contributed by atoms with Gasteiger partial charge in [-0.1, -0.05) is 56.7 Å². The molecule has 0 aliphatic rings. The Labute approximate surface area is 125 Å². The summed E-state index contributed by atoms with van der Waals surface area (Å²) in [5, 5.41) is 2.13. The summed E-state index contributed by atoms with van der Waals surface area (Å²) in [4.78, 5) is 3.80. The van der Waals surface area contributed by atoms with E-state index < -0.39 is 0 Å². The van der Waals surface area contributed by atoms with Gasteiger partial charge in [-0.3, -0.25) is 0 Å². The molecule has 102 valence electrons. The Kier molecular flexibility index (Phi) is 8.72. The lowest BCUT2D eigenvalue weighted by molar-refractivity contribution is 0.410. The van der Waals surface area contributed by atoms with Crippen molar-refractivity contribution in [1.29, 1.82) is 0 Å². The SMILES string of the molecule is CCCCN(CCCC)C(=S)SCc1cccs1. The third kappa shape index (κ3) is 6.21. The van der Waals surface area contributed by atoms with Gasteiger partial charge in [0.1, 0.15) is 4.32 Å². The van der Waals surface area contributed by atoms with Crippen LogP contribution in [0.3, 0.4) is 0 Å². The van der Waals surface area contributed by atoms with Crippen LogP contribution in [-0.2, 0) is 5.75 Å². The largest absolute Gasteiger partial charge is 0.358 e. The predicted octanol–water partition coefficient (Wildman–Crippen LogP) is 5.17. The second-order valence-electron chi connectivity index (χ2n) is 4.33. The summed E-state index contributed by atoms with van der Waals surface area (Å²) in [7, 11) is 0. The van der Waals surface area contributed by atoms with Crippen molar-refractivity contribution in [2.75, 3.05) is 13.1 Å². The van der Waals surface area contributed by atoms with Crippen molar-refractivity contribution in [3.05, 3.63) is 22.4 Å². The lowest BCUT2D eigenvalue weighted by Crippen LogP contribution is -2.29. The summed E-state index contributed by atoms with van der Waals surface area (Å²) in [6.45, 7) is 6.71. The average Bonchev–Trinajstić information content (AvgIpc) is 2.89. The molecular formula is C14H23NS3. The first-order valence-corrected chi connectivity index (χ1v) is 8.99. The van der Waals surface area contributed by atoms with E-state index in [0.717, 1.165) is 23.2 Å². The van der Waals surface area contributed by atoms with E-state index >= 15 is 0 Å². The van der Waals surface area contributed by atoms with Crippen molar-refractivity contribution in [1.82, 2.24) is 4.90 Å². The number of thiocarbonyl (C=S) groups is 1. The Balaban J connectivity index is 2.36. The van der Waals surface area contributed by atoms with Gasteiger partial charge in [-0.25, -0.2) is 0 Å². The highest BCUT2D eigenvalue weighted by Crippen LogP contribution is 2.20. The maximum Gasteiger partial charge on any atom is 0.136 e. The summed E-state index contributed by atoms with van der Waals surface area (Å²) in [6, 6.07) is 4.29. The Morgan fingerprint density at radius 1 is 1.28 bits per heavy atom. The van der Waals surface area contributed by atoms with Crippen molar-refractivity contribution < 1.29 is 0 Å². The predicted molar refractivity (Wildman–Crippen MR) is 89.6 cm³/mol. The van der Waals surface area contributed by atoms with Crippen molar-refractivity contribution in [3.8, 4) is 0 Å². The van der Waals surface area contributed by atoms with E-state index in [0.29, 0.717) is 0 Å². The minimum Gasteiger partial charge on any atom is -0.358 e. The van der Waals surface area contributed by atoms with Crippen LogP contribution >= 0.6 is 35.3 Å². The molecule has 0 fully saturated rings. The first-order chi connectivity index (χ1) is 8.77. The first-order valence-electron chi connectivity index (χ1n) is 6.72. The molecule has 0 aliphatic heterocycles. The Bertz CT molecular complexity index is 314. The van der Waals surface area contributed by atoms with Crippen molar-refractivity contribution in [3.63, 3.8) is 0 Å². The van der Waals surface area contributed by atoms with Crippen LogP contribution in [0.4, 0.5) is 0 Å². The Morgan fingerprint density at radius 3 is 2.44 bits per heavy atom. The van der Waals surface area contributed by atoms with Gasteiger partial charge in [-0.05, 0) is 24.3 Å². The van der Waals surface area contributed by atoms with E-state index in [4.69, 9.17) is 12.2 Å². The van der Waals surface area contributed by atoms with Crippen molar-refractivity contribution in [2.24, 2.45) is 0 Å². The zero-order chi connectivity index (χ0) is 13.2. The van der Waals surface area contributed by atoms with Crippen LogP contribution in [0.15, 0.2) is 17.5 Å². The number of nitrogens with zero attached hydrogens (tertiary/aromatic N) is 1. The molecule has 0 saturated heterocycles. The minimum atomic E-state index is 1.02. The highest BCUT2D eigenvalue weighted by molar-refractivity contribution is 8.22. The van der Waals surface area contributed by atoms with Gasteiger partial charge in [-0.2, -0.15) is 0 Å². The third-order valence-electron chi connectivity index (χ3n) is 2.74. The van der Waals surface area contributed by atoms with E-state index in [2.05, 4.69) is 36.3 Å². The first kappa shape index (κ1) is 16.0. The van der Waals surface area contributed by atoms with Crippen LogP contribution in [0.5, 0.6) is 0 Å². The van der Waals surface area contributed by atoms with Crippen LogP contribution < -0.4 is 0 Å². The lowest BCUT2D eigenvalue weighted by atomic mass is 10.3. The maximum atomic E-state index is 5.57. The average molecular weight is 302 g/mol. The fourth-order valence-corrected chi connectivity index (χ4v) is 3.64. The zero-order valence-corrected chi connectivity index (χ0v) is 13.8. The van der Waals surface area contributed by atoms with Gasteiger partial charge in [-0.15, -0.1) is 11.3 Å². The van der Waals surface area contributed by atoms with E-state index in [1.54, 1.807) is 0 Å². The number of unbranched alkanes of at least 4 members (excludes halogenated alkanes) is 2. The molecule has 0 bridgehead atoms. The summed E-state index contributed by atoms with van der Waals surface area (Å²) < 4.78 is 1.07. The highest BCUT2D eigenvalue weighted by Gasteiger charge is 2.09. The van der Waals surface area contributed by atoms with Crippen LogP contribution in [0.25, 0.3) is 0 Å². The fourth-order valence-electron chi connectivity index (χ4n) is 1.61. The van der Waals surface area contributed by atoms with Gasteiger partial charge in [0.25, 0.3) is 0 Å². The standard InChI is InChI=1S/C14H23NS3/c1-3-5-9-15(10-6-4-2)14(16)18-12-13-8-7-11-17-13/h7-8,11H,3-6,9-10,12H2,1-2H3. The Morgan fingerprint density at radius 2 is 1.94 bits per heavy atom. The molecule has 0 amide bonds. The molecule has 1 aromatic heterocycles. The molecule has 1 heterocycles. The molecule has 18 heavy (non-hydrogen) atoms. The summed E-state index contributed by atoms with van der Waals surface area (Å²) >= 11 is 9.19. The maximum absolute atomic E-state index is 5.57. The molecule has 0 N–H and O–H groups in total. The summed E-state index contributed by atoms with van der Waals surface area (Å²) in [6.07, 6.45) is 4.95. The molecule has 1 rings (SSSR count). The van der Waals surface area contributed by atoms with E-state index in [1.165, 1.54) is 30.6 Å². The molecule has 4 heteroatoms. The molecule has 0 atom stereocenters. The third-order valence-corrected chi connectivity index (χ3v) is 5.37. The molecule has 0 saturated carbocycles. The van der Waals surface area contributed by atoms with Gasteiger partial charge in [0, 0.05) is 23.7 Å². The van der Waals surface area contributed by atoms with Crippen LogP contribution in [0.2, 0.25) is 0 Å². The summed E-state index contributed by atoms with van der Waals surface area (Å²) in [5.41, 5.74) is 0. The van der Waals surface area contributed by atoms with Crippen molar-refractivity contribution in [2.45, 2.75) is 45.3 Å². The summed E-state index contributed by atoms with van der Waals surface area (Å²) in [5.74, 6) is 1.02. The lowest BCUT2D eigenvalue weighted by Gasteiger charge is -2.24. The van der Waals surface area contributed by atoms with Crippen LogP contribution in [0, 0.1) is 0 Å². The van der Waals surface area contributed by atoms with Crippen LogP contribution in [-0.4, -0.2) is 22.3 Å². The second-order valence-corrected chi connectivity index (χ2v) is 6.97.